The van der Waals surface area contributed by atoms with E-state index in [1.165, 1.54) is 4.90 Å². The molecular weight excluding hydrogens is 180 g/mol. The van der Waals surface area contributed by atoms with Gasteiger partial charge in [-0.15, -0.1) is 0 Å². The molecule has 0 radical (unpaired) electrons. The number of carbonyl (C=O) groups excluding carboxylic acids is 2. The zero-order valence-electron chi connectivity index (χ0n) is 8.67. The summed E-state index contributed by atoms with van der Waals surface area (Å²) in [4.78, 5) is 25.1. The van der Waals surface area contributed by atoms with Gasteiger partial charge in [0.2, 0.25) is 11.8 Å². The fourth-order valence-corrected chi connectivity index (χ4v) is 2.42. The van der Waals surface area contributed by atoms with Crippen molar-refractivity contribution in [2.75, 3.05) is 13.1 Å². The van der Waals surface area contributed by atoms with Gasteiger partial charge in [-0.3, -0.25) is 14.5 Å². The average molecular weight is 196 g/mol. The first kappa shape index (κ1) is 9.65. The molecule has 1 unspecified atom stereocenters. The van der Waals surface area contributed by atoms with E-state index in [-0.39, 0.29) is 17.9 Å². The molecule has 0 aromatic rings. The SMILES string of the molecule is CC(C)N1C(=O)CC2(CCNC2)C1=O. The van der Waals surface area contributed by atoms with Crippen molar-refractivity contribution in [3.8, 4) is 0 Å². The van der Waals surface area contributed by atoms with Crippen molar-refractivity contribution in [3.63, 3.8) is 0 Å². The van der Waals surface area contributed by atoms with Crippen LogP contribution < -0.4 is 5.32 Å². The van der Waals surface area contributed by atoms with Gasteiger partial charge in [-0.1, -0.05) is 0 Å². The van der Waals surface area contributed by atoms with E-state index in [1.54, 1.807) is 0 Å². The first-order valence-corrected chi connectivity index (χ1v) is 5.14. The molecule has 0 aromatic heterocycles. The lowest BCUT2D eigenvalue weighted by molar-refractivity contribution is -0.142. The number of nitrogens with zero attached hydrogens (tertiary/aromatic N) is 1. The second-order valence-corrected chi connectivity index (χ2v) is 4.55. The predicted molar refractivity (Wildman–Crippen MR) is 51.5 cm³/mol. The van der Waals surface area contributed by atoms with Crippen molar-refractivity contribution in [1.29, 1.82) is 0 Å². The van der Waals surface area contributed by atoms with Gasteiger partial charge in [-0.05, 0) is 26.8 Å². The zero-order valence-corrected chi connectivity index (χ0v) is 8.67. The van der Waals surface area contributed by atoms with Crippen LogP contribution in [0.3, 0.4) is 0 Å². The molecule has 78 valence electrons. The van der Waals surface area contributed by atoms with E-state index >= 15 is 0 Å². The molecular formula is C10H16N2O2. The minimum absolute atomic E-state index is 0.00465. The standard InChI is InChI=1S/C10H16N2O2/c1-7(2)12-8(13)5-10(9(12)14)3-4-11-6-10/h7,11H,3-6H2,1-2H3. The second-order valence-electron chi connectivity index (χ2n) is 4.55. The molecule has 2 fully saturated rings. The lowest BCUT2D eigenvalue weighted by atomic mass is 9.85. The predicted octanol–water partition coefficient (Wildman–Crippen LogP) is 0.133. The largest absolute Gasteiger partial charge is 0.316 e. The molecule has 2 aliphatic rings. The highest BCUT2D eigenvalue weighted by atomic mass is 16.2. The molecule has 4 nitrogen and oxygen atoms in total. The average Bonchev–Trinajstić information content (AvgIpc) is 2.61. The quantitative estimate of drug-likeness (QED) is 0.607. The minimum atomic E-state index is -0.401. The molecule has 0 aliphatic carbocycles. The van der Waals surface area contributed by atoms with Gasteiger partial charge in [-0.2, -0.15) is 0 Å². The summed E-state index contributed by atoms with van der Waals surface area (Å²) < 4.78 is 0. The fourth-order valence-electron chi connectivity index (χ4n) is 2.42. The van der Waals surface area contributed by atoms with Crippen LogP contribution in [0, 0.1) is 5.41 Å². The van der Waals surface area contributed by atoms with Crippen LogP contribution in [0.5, 0.6) is 0 Å². The van der Waals surface area contributed by atoms with E-state index in [1.807, 2.05) is 13.8 Å². The highest BCUT2D eigenvalue weighted by Gasteiger charge is 2.53. The highest BCUT2D eigenvalue weighted by molar-refractivity contribution is 6.06. The Balaban J connectivity index is 2.26. The van der Waals surface area contributed by atoms with Crippen LogP contribution in [-0.2, 0) is 9.59 Å². The van der Waals surface area contributed by atoms with Crippen LogP contribution in [0.1, 0.15) is 26.7 Å². The van der Waals surface area contributed by atoms with Gasteiger partial charge in [0.25, 0.3) is 0 Å². The Hall–Kier alpha value is -0.900. The van der Waals surface area contributed by atoms with Gasteiger partial charge in [-0.25, -0.2) is 0 Å². The number of amides is 2. The molecule has 2 rings (SSSR count). The molecule has 4 heteroatoms. The summed E-state index contributed by atoms with van der Waals surface area (Å²) in [6.45, 7) is 5.29. The number of hydrogen-bond donors (Lipinski definition) is 1. The van der Waals surface area contributed by atoms with Crippen molar-refractivity contribution in [2.24, 2.45) is 5.41 Å². The Morgan fingerprint density at radius 3 is 2.57 bits per heavy atom. The fraction of sp³-hybridized carbons (Fsp3) is 0.800. The summed E-state index contributed by atoms with van der Waals surface area (Å²) >= 11 is 0. The number of hydrogen-bond acceptors (Lipinski definition) is 3. The first-order valence-electron chi connectivity index (χ1n) is 5.14. The Morgan fingerprint density at radius 2 is 2.14 bits per heavy atom. The molecule has 2 amide bonds. The summed E-state index contributed by atoms with van der Waals surface area (Å²) in [5.41, 5.74) is -0.401. The van der Waals surface area contributed by atoms with E-state index in [0.717, 1.165) is 13.0 Å². The number of imide groups is 1. The van der Waals surface area contributed by atoms with Gasteiger partial charge in [0.15, 0.2) is 0 Å². The van der Waals surface area contributed by atoms with Gasteiger partial charge >= 0.3 is 0 Å². The maximum absolute atomic E-state index is 12.0. The van der Waals surface area contributed by atoms with E-state index in [0.29, 0.717) is 13.0 Å². The van der Waals surface area contributed by atoms with Crippen LogP contribution in [0.25, 0.3) is 0 Å². The molecule has 2 aliphatic heterocycles. The lowest BCUT2D eigenvalue weighted by Gasteiger charge is -2.22. The third-order valence-corrected chi connectivity index (χ3v) is 3.19. The van der Waals surface area contributed by atoms with Crippen molar-refractivity contribution in [3.05, 3.63) is 0 Å². The van der Waals surface area contributed by atoms with Gasteiger partial charge in [0.05, 0.1) is 5.41 Å². The Morgan fingerprint density at radius 1 is 1.43 bits per heavy atom. The number of rotatable bonds is 1. The summed E-state index contributed by atoms with van der Waals surface area (Å²) in [6.07, 6.45) is 1.21. The monoisotopic (exact) mass is 196 g/mol. The Kier molecular flexibility index (Phi) is 2.10. The van der Waals surface area contributed by atoms with Crippen LogP contribution in [0.15, 0.2) is 0 Å². The summed E-state index contributed by atoms with van der Waals surface area (Å²) in [5, 5.41) is 3.17. The zero-order chi connectivity index (χ0) is 10.3. The van der Waals surface area contributed by atoms with Crippen molar-refractivity contribution in [2.45, 2.75) is 32.7 Å². The minimum Gasteiger partial charge on any atom is -0.316 e. The van der Waals surface area contributed by atoms with E-state index in [9.17, 15) is 9.59 Å². The summed E-state index contributed by atoms with van der Waals surface area (Å²) in [7, 11) is 0. The van der Waals surface area contributed by atoms with Crippen molar-refractivity contribution >= 4 is 11.8 Å². The maximum atomic E-state index is 12.0. The van der Waals surface area contributed by atoms with Crippen molar-refractivity contribution in [1.82, 2.24) is 10.2 Å². The third-order valence-electron chi connectivity index (χ3n) is 3.19. The lowest BCUT2D eigenvalue weighted by Crippen LogP contribution is -2.40. The van der Waals surface area contributed by atoms with E-state index in [2.05, 4.69) is 5.32 Å². The van der Waals surface area contributed by atoms with Gasteiger partial charge in [0, 0.05) is 19.0 Å². The molecule has 2 heterocycles. The van der Waals surface area contributed by atoms with Crippen LogP contribution in [0.2, 0.25) is 0 Å². The molecule has 14 heavy (non-hydrogen) atoms. The normalized spacial score (nSPS) is 32.6. The highest BCUT2D eigenvalue weighted by Crippen LogP contribution is 2.38. The first-order chi connectivity index (χ1) is 6.57. The second kappa shape index (κ2) is 3.05. The maximum Gasteiger partial charge on any atom is 0.237 e. The van der Waals surface area contributed by atoms with Gasteiger partial charge < -0.3 is 5.32 Å². The molecule has 0 aromatic carbocycles. The molecule has 0 bridgehead atoms. The smallest absolute Gasteiger partial charge is 0.237 e. The van der Waals surface area contributed by atoms with E-state index < -0.39 is 5.41 Å². The third kappa shape index (κ3) is 1.17. The van der Waals surface area contributed by atoms with Crippen LogP contribution >= 0.6 is 0 Å². The summed E-state index contributed by atoms with van der Waals surface area (Å²) in [6, 6.07) is -0.00465. The number of carbonyl (C=O) groups is 2. The number of nitrogens with one attached hydrogen (secondary N) is 1. The molecule has 2 saturated heterocycles. The van der Waals surface area contributed by atoms with Crippen LogP contribution in [0.4, 0.5) is 0 Å². The van der Waals surface area contributed by atoms with Crippen LogP contribution in [-0.4, -0.2) is 35.8 Å². The van der Waals surface area contributed by atoms with Crippen molar-refractivity contribution < 1.29 is 9.59 Å². The molecule has 1 spiro atoms. The Bertz CT molecular complexity index is 280. The van der Waals surface area contributed by atoms with Gasteiger partial charge in [0.1, 0.15) is 0 Å². The molecule has 1 atom stereocenters. The Labute approximate surface area is 83.6 Å². The topological polar surface area (TPSA) is 49.4 Å². The number of likely N-dealkylation sites (tertiary alicyclic amines) is 1. The van der Waals surface area contributed by atoms with E-state index in [4.69, 9.17) is 0 Å². The molecule has 1 N–H and O–H groups in total. The summed E-state index contributed by atoms with van der Waals surface area (Å²) in [5.74, 6) is 0.0243. The molecule has 0 saturated carbocycles.